The Morgan fingerprint density at radius 1 is 1.27 bits per heavy atom. The summed E-state index contributed by atoms with van der Waals surface area (Å²) in [5, 5.41) is 15.8. The summed E-state index contributed by atoms with van der Waals surface area (Å²) in [4.78, 5) is 10.4. The molecule has 0 aliphatic carbocycles. The number of benzene rings is 2. The maximum absolute atomic E-state index is 13.4. The van der Waals surface area contributed by atoms with E-state index in [-0.39, 0.29) is 18.0 Å². The molecule has 1 heterocycles. The van der Waals surface area contributed by atoms with Crippen molar-refractivity contribution in [3.05, 3.63) is 64.6 Å². The van der Waals surface area contributed by atoms with Gasteiger partial charge >= 0.3 is 0 Å². The highest BCUT2D eigenvalue weighted by Crippen LogP contribution is 2.21. The van der Waals surface area contributed by atoms with Gasteiger partial charge in [-0.25, -0.2) is 4.39 Å². The zero-order valence-corrected chi connectivity index (χ0v) is 11.5. The van der Waals surface area contributed by atoms with Crippen LogP contribution in [0.5, 0.6) is 5.75 Å². The first-order valence-electron chi connectivity index (χ1n) is 6.62. The van der Waals surface area contributed by atoms with Crippen LogP contribution in [0.3, 0.4) is 0 Å². The van der Waals surface area contributed by atoms with Gasteiger partial charge in [0.05, 0.1) is 23.2 Å². The largest absolute Gasteiger partial charge is 0.489 e. The predicted molar refractivity (Wildman–Crippen MR) is 78.3 cm³/mol. The first-order chi connectivity index (χ1) is 10.6. The minimum absolute atomic E-state index is 0.00396. The standard InChI is InChI=1S/C15H12FN3O3/c16-13-3-1-2-4-15(13)22-8-7-18-14-9-12(19(20)21)6-5-11(14)10-17-18/h1-6,9-10H,7-8H2. The molecule has 0 amide bonds. The molecule has 0 fully saturated rings. The highest BCUT2D eigenvalue weighted by molar-refractivity contribution is 5.80. The fraction of sp³-hybridized carbons (Fsp3) is 0.133. The van der Waals surface area contributed by atoms with Gasteiger partial charge in [0.25, 0.3) is 5.69 Å². The van der Waals surface area contributed by atoms with E-state index in [2.05, 4.69) is 5.10 Å². The van der Waals surface area contributed by atoms with Crippen LogP contribution in [0, 0.1) is 15.9 Å². The second-order valence-corrected chi connectivity index (χ2v) is 4.65. The van der Waals surface area contributed by atoms with Gasteiger partial charge in [0, 0.05) is 17.5 Å². The van der Waals surface area contributed by atoms with E-state index in [0.29, 0.717) is 12.1 Å². The Hall–Kier alpha value is -2.96. The lowest BCUT2D eigenvalue weighted by Crippen LogP contribution is -2.10. The molecule has 0 bridgehead atoms. The molecule has 0 N–H and O–H groups in total. The molecule has 0 aliphatic rings. The third kappa shape index (κ3) is 2.73. The molecule has 3 aromatic rings. The van der Waals surface area contributed by atoms with Crippen molar-refractivity contribution in [3.8, 4) is 5.75 Å². The molecule has 112 valence electrons. The van der Waals surface area contributed by atoms with E-state index < -0.39 is 10.7 Å². The average Bonchev–Trinajstić information content (AvgIpc) is 2.91. The normalized spacial score (nSPS) is 10.8. The van der Waals surface area contributed by atoms with Crippen LogP contribution in [0.15, 0.2) is 48.7 Å². The summed E-state index contributed by atoms with van der Waals surface area (Å²) in [6.07, 6.45) is 1.63. The number of nitro benzene ring substituents is 1. The van der Waals surface area contributed by atoms with Gasteiger partial charge < -0.3 is 4.74 Å². The number of halogens is 1. The second kappa shape index (κ2) is 5.80. The molecule has 7 heteroatoms. The van der Waals surface area contributed by atoms with Crippen molar-refractivity contribution in [1.29, 1.82) is 0 Å². The lowest BCUT2D eigenvalue weighted by Gasteiger charge is -2.07. The number of nitrogens with zero attached hydrogens (tertiary/aromatic N) is 3. The van der Waals surface area contributed by atoms with Gasteiger partial charge in [0.1, 0.15) is 6.61 Å². The molecule has 0 spiro atoms. The maximum atomic E-state index is 13.4. The molecule has 22 heavy (non-hydrogen) atoms. The first-order valence-corrected chi connectivity index (χ1v) is 6.62. The van der Waals surface area contributed by atoms with E-state index >= 15 is 0 Å². The molecule has 0 atom stereocenters. The van der Waals surface area contributed by atoms with Crippen molar-refractivity contribution in [2.75, 3.05) is 6.61 Å². The van der Waals surface area contributed by atoms with Crippen molar-refractivity contribution < 1.29 is 14.1 Å². The van der Waals surface area contributed by atoms with Gasteiger partial charge in [0.2, 0.25) is 0 Å². The van der Waals surface area contributed by atoms with Crippen LogP contribution < -0.4 is 4.74 Å². The van der Waals surface area contributed by atoms with Crippen molar-refractivity contribution in [1.82, 2.24) is 9.78 Å². The topological polar surface area (TPSA) is 70.2 Å². The number of rotatable bonds is 5. The van der Waals surface area contributed by atoms with Crippen LogP contribution in [0.4, 0.5) is 10.1 Å². The summed E-state index contributed by atoms with van der Waals surface area (Å²) in [5.41, 5.74) is 0.649. The summed E-state index contributed by atoms with van der Waals surface area (Å²) in [5.74, 6) is -0.256. The smallest absolute Gasteiger partial charge is 0.271 e. The number of hydrogen-bond donors (Lipinski definition) is 0. The number of non-ortho nitro benzene ring substituents is 1. The molecule has 0 unspecified atom stereocenters. The van der Waals surface area contributed by atoms with Gasteiger partial charge in [-0.15, -0.1) is 0 Å². The molecule has 1 aromatic heterocycles. The third-order valence-electron chi connectivity index (χ3n) is 3.24. The van der Waals surface area contributed by atoms with Crippen molar-refractivity contribution in [2.45, 2.75) is 6.54 Å². The monoisotopic (exact) mass is 301 g/mol. The maximum Gasteiger partial charge on any atom is 0.271 e. The average molecular weight is 301 g/mol. The summed E-state index contributed by atoms with van der Waals surface area (Å²) >= 11 is 0. The minimum Gasteiger partial charge on any atom is -0.489 e. The van der Waals surface area contributed by atoms with Gasteiger partial charge in [-0.2, -0.15) is 5.10 Å². The lowest BCUT2D eigenvalue weighted by molar-refractivity contribution is -0.384. The second-order valence-electron chi connectivity index (χ2n) is 4.65. The van der Waals surface area contributed by atoms with Gasteiger partial charge in [-0.1, -0.05) is 12.1 Å². The Kier molecular flexibility index (Phi) is 3.69. The van der Waals surface area contributed by atoms with Crippen LogP contribution in [-0.2, 0) is 6.54 Å². The Morgan fingerprint density at radius 3 is 2.86 bits per heavy atom. The number of aromatic nitrogens is 2. The van der Waals surface area contributed by atoms with E-state index in [1.54, 1.807) is 35.1 Å². The molecule has 2 aromatic carbocycles. The zero-order valence-electron chi connectivity index (χ0n) is 11.5. The SMILES string of the molecule is O=[N+]([O-])c1ccc2cnn(CCOc3ccccc3F)c2c1. The molecule has 0 aliphatic heterocycles. The molecule has 6 nitrogen and oxygen atoms in total. The number of fused-ring (bicyclic) bond motifs is 1. The molecule has 0 saturated carbocycles. The Morgan fingerprint density at radius 2 is 2.09 bits per heavy atom. The molecule has 0 radical (unpaired) electrons. The number of hydrogen-bond acceptors (Lipinski definition) is 4. The van der Waals surface area contributed by atoms with E-state index in [9.17, 15) is 14.5 Å². The summed E-state index contributed by atoms with van der Waals surface area (Å²) < 4.78 is 20.4. The van der Waals surface area contributed by atoms with Crippen LogP contribution in [0.2, 0.25) is 0 Å². The highest BCUT2D eigenvalue weighted by atomic mass is 19.1. The van der Waals surface area contributed by atoms with E-state index in [4.69, 9.17) is 4.74 Å². The fourth-order valence-electron chi connectivity index (χ4n) is 2.15. The molecular formula is C15H12FN3O3. The summed E-state index contributed by atoms with van der Waals surface area (Å²) in [6, 6.07) is 10.7. The highest BCUT2D eigenvalue weighted by Gasteiger charge is 2.10. The van der Waals surface area contributed by atoms with E-state index in [1.165, 1.54) is 18.2 Å². The molecule has 0 saturated heterocycles. The van der Waals surface area contributed by atoms with Gasteiger partial charge in [0.15, 0.2) is 11.6 Å². The van der Waals surface area contributed by atoms with Crippen LogP contribution >= 0.6 is 0 Å². The van der Waals surface area contributed by atoms with Crippen molar-refractivity contribution in [3.63, 3.8) is 0 Å². The van der Waals surface area contributed by atoms with Crippen LogP contribution in [-0.4, -0.2) is 21.3 Å². The molecule has 3 rings (SSSR count). The van der Waals surface area contributed by atoms with Crippen molar-refractivity contribution >= 4 is 16.6 Å². The summed E-state index contributed by atoms with van der Waals surface area (Å²) in [6.45, 7) is 0.569. The fourth-order valence-corrected chi connectivity index (χ4v) is 2.15. The van der Waals surface area contributed by atoms with Gasteiger partial charge in [-0.3, -0.25) is 14.8 Å². The Labute approximate surface area is 124 Å². The van der Waals surface area contributed by atoms with Crippen LogP contribution in [0.1, 0.15) is 0 Å². The quantitative estimate of drug-likeness (QED) is 0.536. The van der Waals surface area contributed by atoms with E-state index in [0.717, 1.165) is 5.39 Å². The van der Waals surface area contributed by atoms with E-state index in [1.807, 2.05) is 0 Å². The lowest BCUT2D eigenvalue weighted by atomic mass is 10.2. The summed E-state index contributed by atoms with van der Waals surface area (Å²) in [7, 11) is 0. The zero-order chi connectivity index (χ0) is 15.5. The number of para-hydroxylation sites is 1. The number of nitro groups is 1. The minimum atomic E-state index is -0.452. The Bertz CT molecular complexity index is 832. The Balaban J connectivity index is 1.75. The first kappa shape index (κ1) is 14.0. The van der Waals surface area contributed by atoms with Crippen molar-refractivity contribution in [2.24, 2.45) is 0 Å². The molecular weight excluding hydrogens is 289 g/mol. The van der Waals surface area contributed by atoms with Gasteiger partial charge in [-0.05, 0) is 18.2 Å². The third-order valence-corrected chi connectivity index (χ3v) is 3.24. The number of ether oxygens (including phenoxy) is 1. The predicted octanol–water partition coefficient (Wildman–Crippen LogP) is 3.16. The van der Waals surface area contributed by atoms with Crippen LogP contribution in [0.25, 0.3) is 10.9 Å².